The van der Waals surface area contributed by atoms with Gasteiger partial charge in [0.25, 0.3) is 5.91 Å². The molecule has 2 aromatic heterocycles. The zero-order valence-corrected chi connectivity index (χ0v) is 19.2. The fourth-order valence-electron chi connectivity index (χ4n) is 4.20. The number of carbonyl (C=O) groups excluding carboxylic acids is 2. The molecule has 1 aliphatic heterocycles. The van der Waals surface area contributed by atoms with Crippen molar-refractivity contribution >= 4 is 17.5 Å². The molecule has 3 heterocycles. The third kappa shape index (κ3) is 4.26. The zero-order valence-electron chi connectivity index (χ0n) is 19.2. The van der Waals surface area contributed by atoms with Crippen molar-refractivity contribution in [2.75, 3.05) is 31.8 Å². The summed E-state index contributed by atoms with van der Waals surface area (Å²) in [6, 6.07) is 14.4. The number of anilines is 1. The number of furan rings is 1. The molecule has 0 aliphatic carbocycles. The molecule has 1 aliphatic rings. The van der Waals surface area contributed by atoms with E-state index in [9.17, 15) is 9.59 Å². The van der Waals surface area contributed by atoms with Crippen molar-refractivity contribution < 1.29 is 23.5 Å². The maximum absolute atomic E-state index is 13.7. The van der Waals surface area contributed by atoms with Crippen molar-refractivity contribution in [1.29, 1.82) is 0 Å². The van der Waals surface area contributed by atoms with Gasteiger partial charge in [-0.25, -0.2) is 0 Å². The second kappa shape index (κ2) is 9.54. The number of benzene rings is 1. The Morgan fingerprint density at radius 1 is 1.15 bits per heavy atom. The molecule has 0 bridgehead atoms. The average molecular weight is 452 g/mol. The molecule has 0 unspecified atom stereocenters. The number of hydrogen-bond donors (Lipinski definition) is 1. The highest BCUT2D eigenvalue weighted by Gasteiger charge is 2.48. The van der Waals surface area contributed by atoms with Crippen LogP contribution in [0, 0.1) is 0 Å². The molecule has 33 heavy (non-hydrogen) atoms. The molecule has 1 atom stereocenters. The number of ether oxygens (including phenoxy) is 2. The highest BCUT2D eigenvalue weighted by molar-refractivity contribution is 6.12. The predicted octanol–water partition coefficient (Wildman–Crippen LogP) is 3.72. The van der Waals surface area contributed by atoms with Crippen LogP contribution in [-0.4, -0.2) is 48.8 Å². The Balaban J connectivity index is 1.71. The Labute approximate surface area is 193 Å². The average Bonchev–Trinajstić information content (AvgIpc) is 3.49. The number of amides is 2. The lowest BCUT2D eigenvalue weighted by Crippen LogP contribution is -2.64. The summed E-state index contributed by atoms with van der Waals surface area (Å²) in [7, 11) is 1.59. The van der Waals surface area contributed by atoms with Gasteiger partial charge in [-0.2, -0.15) is 0 Å². The van der Waals surface area contributed by atoms with Crippen molar-refractivity contribution in [3.63, 3.8) is 0 Å². The van der Waals surface area contributed by atoms with E-state index < -0.39 is 5.54 Å². The molecule has 8 heteroatoms. The van der Waals surface area contributed by atoms with Crippen LogP contribution < -0.4 is 15.0 Å². The minimum absolute atomic E-state index is 0.229. The molecule has 0 fully saturated rings. The lowest BCUT2D eigenvalue weighted by Gasteiger charge is -2.44. The molecule has 0 radical (unpaired) electrons. The van der Waals surface area contributed by atoms with Gasteiger partial charge in [0.05, 0.1) is 25.6 Å². The summed E-state index contributed by atoms with van der Waals surface area (Å²) < 4.78 is 18.1. The van der Waals surface area contributed by atoms with Gasteiger partial charge in [0.1, 0.15) is 22.7 Å². The van der Waals surface area contributed by atoms with E-state index in [1.165, 1.54) is 0 Å². The Hall–Kier alpha value is -3.52. The van der Waals surface area contributed by atoms with Crippen LogP contribution >= 0.6 is 0 Å². The van der Waals surface area contributed by atoms with Crippen LogP contribution in [0.3, 0.4) is 0 Å². The van der Waals surface area contributed by atoms with Gasteiger partial charge in [-0.15, -0.1) is 0 Å². The second-order valence-corrected chi connectivity index (χ2v) is 8.09. The third-order valence-electron chi connectivity index (χ3n) is 5.91. The lowest BCUT2D eigenvalue weighted by atomic mass is 9.93. The molecule has 3 aromatic rings. The number of rotatable bonds is 9. The molecule has 174 valence electrons. The van der Waals surface area contributed by atoms with Gasteiger partial charge in [-0.1, -0.05) is 0 Å². The van der Waals surface area contributed by atoms with E-state index in [1.54, 1.807) is 61.6 Å². The van der Waals surface area contributed by atoms with Crippen LogP contribution in [0.25, 0.3) is 11.5 Å². The first-order valence-corrected chi connectivity index (χ1v) is 11.1. The standard InChI is InChI=1S/C25H29N3O5/c1-4-32-15-6-14-26-24(30)25(2)17-27-20(22-7-5-16-33-22)12-13-21(27)23(29)28(25)18-8-10-19(31-3)11-9-18/h5,7-13,16H,4,6,14-15,17H2,1-3H3,(H,26,30)/t25-/m0/s1. The number of fused-ring (bicyclic) bond motifs is 1. The predicted molar refractivity (Wildman–Crippen MR) is 124 cm³/mol. The highest BCUT2D eigenvalue weighted by atomic mass is 16.5. The highest BCUT2D eigenvalue weighted by Crippen LogP contribution is 2.37. The van der Waals surface area contributed by atoms with E-state index in [4.69, 9.17) is 13.9 Å². The van der Waals surface area contributed by atoms with Crippen LogP contribution in [0.4, 0.5) is 5.69 Å². The van der Waals surface area contributed by atoms with E-state index in [0.29, 0.717) is 49.1 Å². The zero-order chi connectivity index (χ0) is 23.4. The van der Waals surface area contributed by atoms with Gasteiger partial charge in [-0.3, -0.25) is 14.5 Å². The van der Waals surface area contributed by atoms with Gasteiger partial charge in [-0.05, 0) is 68.8 Å². The molecule has 4 rings (SSSR count). The first kappa shape index (κ1) is 22.7. The van der Waals surface area contributed by atoms with E-state index >= 15 is 0 Å². The summed E-state index contributed by atoms with van der Waals surface area (Å²) >= 11 is 0. The van der Waals surface area contributed by atoms with Gasteiger partial charge >= 0.3 is 0 Å². The Morgan fingerprint density at radius 3 is 2.58 bits per heavy atom. The summed E-state index contributed by atoms with van der Waals surface area (Å²) in [5.74, 6) is 0.837. The molecule has 1 N–H and O–H groups in total. The van der Waals surface area contributed by atoms with Crippen molar-refractivity contribution in [2.24, 2.45) is 0 Å². The van der Waals surface area contributed by atoms with Crippen molar-refractivity contribution in [2.45, 2.75) is 32.4 Å². The van der Waals surface area contributed by atoms with Gasteiger partial charge in [0, 0.05) is 25.4 Å². The molecule has 2 amide bonds. The van der Waals surface area contributed by atoms with Crippen molar-refractivity contribution in [3.8, 4) is 17.2 Å². The van der Waals surface area contributed by atoms with Gasteiger partial charge in [0.2, 0.25) is 5.91 Å². The Morgan fingerprint density at radius 2 is 1.91 bits per heavy atom. The lowest BCUT2D eigenvalue weighted by molar-refractivity contribution is -0.126. The molecular formula is C25H29N3O5. The molecule has 1 aromatic carbocycles. The largest absolute Gasteiger partial charge is 0.497 e. The Bertz CT molecular complexity index is 1100. The van der Waals surface area contributed by atoms with Crippen LogP contribution in [-0.2, 0) is 16.1 Å². The monoisotopic (exact) mass is 451 g/mol. The van der Waals surface area contributed by atoms with Crippen LogP contribution in [0.15, 0.2) is 59.2 Å². The van der Waals surface area contributed by atoms with Gasteiger partial charge in [0.15, 0.2) is 0 Å². The maximum Gasteiger partial charge on any atom is 0.275 e. The number of carbonyl (C=O) groups is 2. The normalized spacial score (nSPS) is 17.7. The SMILES string of the molecule is CCOCCCNC(=O)[C@]1(C)Cn2c(ccc2-c2ccco2)C(=O)N1c1ccc(OC)cc1. The van der Waals surface area contributed by atoms with Gasteiger partial charge < -0.3 is 23.8 Å². The molecule has 0 saturated heterocycles. The van der Waals surface area contributed by atoms with E-state index in [2.05, 4.69) is 5.32 Å². The number of nitrogens with zero attached hydrogens (tertiary/aromatic N) is 2. The number of hydrogen-bond acceptors (Lipinski definition) is 5. The minimum Gasteiger partial charge on any atom is -0.497 e. The van der Waals surface area contributed by atoms with Crippen molar-refractivity contribution in [1.82, 2.24) is 9.88 Å². The number of aromatic nitrogens is 1. The first-order chi connectivity index (χ1) is 16.0. The quantitative estimate of drug-likeness (QED) is 0.501. The second-order valence-electron chi connectivity index (χ2n) is 8.09. The van der Waals surface area contributed by atoms with Crippen LogP contribution in [0.1, 0.15) is 30.8 Å². The summed E-state index contributed by atoms with van der Waals surface area (Å²) in [5.41, 5.74) is 0.719. The maximum atomic E-state index is 13.7. The summed E-state index contributed by atoms with van der Waals surface area (Å²) in [6.45, 7) is 5.67. The molecular weight excluding hydrogens is 422 g/mol. The number of nitrogens with one attached hydrogen (secondary N) is 1. The topological polar surface area (TPSA) is 85.9 Å². The van der Waals surface area contributed by atoms with Crippen LogP contribution in [0.2, 0.25) is 0 Å². The fraction of sp³-hybridized carbons (Fsp3) is 0.360. The molecule has 8 nitrogen and oxygen atoms in total. The molecule has 0 spiro atoms. The van der Waals surface area contributed by atoms with E-state index in [0.717, 1.165) is 5.69 Å². The van der Waals surface area contributed by atoms with E-state index in [1.807, 2.05) is 23.6 Å². The molecule has 0 saturated carbocycles. The smallest absolute Gasteiger partial charge is 0.275 e. The summed E-state index contributed by atoms with van der Waals surface area (Å²) in [4.78, 5) is 28.8. The third-order valence-corrected chi connectivity index (χ3v) is 5.91. The summed E-state index contributed by atoms with van der Waals surface area (Å²) in [5, 5.41) is 3.00. The van der Waals surface area contributed by atoms with Crippen molar-refractivity contribution in [3.05, 3.63) is 60.5 Å². The first-order valence-electron chi connectivity index (χ1n) is 11.1. The van der Waals surface area contributed by atoms with Crippen LogP contribution in [0.5, 0.6) is 5.75 Å². The number of methoxy groups -OCH3 is 1. The Kier molecular flexibility index (Phi) is 6.55. The summed E-state index contributed by atoms with van der Waals surface area (Å²) in [6.07, 6.45) is 2.28. The fourth-order valence-corrected chi connectivity index (χ4v) is 4.20. The minimum atomic E-state index is -1.16. The van der Waals surface area contributed by atoms with E-state index in [-0.39, 0.29) is 18.4 Å².